The Labute approximate surface area is 106 Å². The fourth-order valence-corrected chi connectivity index (χ4v) is 1.92. The zero-order valence-electron chi connectivity index (χ0n) is 10.4. The molecule has 0 aliphatic carbocycles. The molecule has 0 fully saturated rings. The second kappa shape index (κ2) is 5.69. The van der Waals surface area contributed by atoms with Crippen molar-refractivity contribution in [3.63, 3.8) is 0 Å². The molecule has 96 valence electrons. The Morgan fingerprint density at radius 3 is 2.94 bits per heavy atom. The van der Waals surface area contributed by atoms with Crippen molar-refractivity contribution in [2.24, 2.45) is 0 Å². The monoisotopic (exact) mass is 247 g/mol. The van der Waals surface area contributed by atoms with E-state index in [1.54, 1.807) is 18.2 Å². The van der Waals surface area contributed by atoms with Gasteiger partial charge >= 0.3 is 0 Å². The minimum absolute atomic E-state index is 0.0364. The molecule has 0 radical (unpaired) electrons. The van der Waals surface area contributed by atoms with Crippen LogP contribution >= 0.6 is 0 Å². The van der Waals surface area contributed by atoms with Gasteiger partial charge < -0.3 is 14.4 Å². The average molecular weight is 247 g/mol. The Balaban J connectivity index is 2.07. The highest BCUT2D eigenvalue weighted by molar-refractivity contribution is 5.82. The highest BCUT2D eigenvalue weighted by Crippen LogP contribution is 2.21. The number of aliphatic hydroxyl groups is 1. The molecule has 1 heterocycles. The van der Waals surface area contributed by atoms with Gasteiger partial charge in [-0.05, 0) is 12.5 Å². The molecule has 0 aliphatic heterocycles. The lowest BCUT2D eigenvalue weighted by molar-refractivity contribution is -0.130. The lowest BCUT2D eigenvalue weighted by Crippen LogP contribution is -2.25. The Morgan fingerprint density at radius 1 is 1.39 bits per heavy atom. The molecular formula is C14H17NO3. The number of fused-ring (bicyclic) bond motifs is 1. The van der Waals surface area contributed by atoms with Crippen molar-refractivity contribution in [2.45, 2.75) is 19.4 Å². The van der Waals surface area contributed by atoms with Crippen molar-refractivity contribution in [1.82, 2.24) is 4.90 Å². The van der Waals surface area contributed by atoms with Crippen LogP contribution in [0.1, 0.15) is 18.4 Å². The average Bonchev–Trinajstić information content (AvgIpc) is 2.79. The first-order chi connectivity index (χ1) is 8.72. The van der Waals surface area contributed by atoms with Gasteiger partial charge in [-0.3, -0.25) is 4.79 Å². The summed E-state index contributed by atoms with van der Waals surface area (Å²) >= 11 is 0. The van der Waals surface area contributed by atoms with Crippen LogP contribution in [0.15, 0.2) is 34.9 Å². The van der Waals surface area contributed by atoms with Crippen LogP contribution < -0.4 is 0 Å². The summed E-state index contributed by atoms with van der Waals surface area (Å²) in [7, 11) is 1.77. The van der Waals surface area contributed by atoms with Crippen LogP contribution in [0.3, 0.4) is 0 Å². The summed E-state index contributed by atoms with van der Waals surface area (Å²) < 4.78 is 5.43. The van der Waals surface area contributed by atoms with Gasteiger partial charge in [0.2, 0.25) is 5.91 Å². The van der Waals surface area contributed by atoms with E-state index >= 15 is 0 Å². The number of hydrogen-bond acceptors (Lipinski definition) is 3. The van der Waals surface area contributed by atoms with E-state index in [0.29, 0.717) is 19.4 Å². The molecule has 0 unspecified atom stereocenters. The van der Waals surface area contributed by atoms with E-state index in [4.69, 9.17) is 9.52 Å². The minimum atomic E-state index is 0.0364. The summed E-state index contributed by atoms with van der Waals surface area (Å²) in [6.45, 7) is 0.579. The maximum absolute atomic E-state index is 11.7. The van der Waals surface area contributed by atoms with E-state index in [1.165, 1.54) is 0 Å². The first kappa shape index (κ1) is 12.6. The van der Waals surface area contributed by atoms with Gasteiger partial charge in [0.1, 0.15) is 5.58 Å². The van der Waals surface area contributed by atoms with Crippen LogP contribution in [-0.4, -0.2) is 29.6 Å². The van der Waals surface area contributed by atoms with Gasteiger partial charge in [0, 0.05) is 37.6 Å². The lowest BCUT2D eigenvalue weighted by Gasteiger charge is -2.16. The maximum atomic E-state index is 11.7. The van der Waals surface area contributed by atoms with E-state index < -0.39 is 0 Å². The van der Waals surface area contributed by atoms with Gasteiger partial charge in [0.25, 0.3) is 0 Å². The fraction of sp³-hybridized carbons (Fsp3) is 0.357. The molecule has 18 heavy (non-hydrogen) atoms. The van der Waals surface area contributed by atoms with Gasteiger partial charge in [0.15, 0.2) is 0 Å². The number of aliphatic hydroxyl groups excluding tert-OH is 1. The SMILES string of the molecule is CN(Cc1coc2ccccc12)C(=O)CCCO. The fourth-order valence-electron chi connectivity index (χ4n) is 1.92. The summed E-state index contributed by atoms with van der Waals surface area (Å²) in [6, 6.07) is 7.77. The van der Waals surface area contributed by atoms with E-state index in [1.807, 2.05) is 24.3 Å². The number of furan rings is 1. The molecule has 0 saturated carbocycles. The van der Waals surface area contributed by atoms with Crippen LogP contribution in [0.2, 0.25) is 0 Å². The second-order valence-electron chi connectivity index (χ2n) is 4.33. The molecule has 4 nitrogen and oxygen atoms in total. The smallest absolute Gasteiger partial charge is 0.222 e. The molecule has 4 heteroatoms. The summed E-state index contributed by atoms with van der Waals surface area (Å²) in [4.78, 5) is 13.4. The zero-order chi connectivity index (χ0) is 13.0. The molecule has 0 spiro atoms. The van der Waals surface area contributed by atoms with Crippen molar-refractivity contribution in [2.75, 3.05) is 13.7 Å². The molecule has 0 bridgehead atoms. The molecule has 1 amide bonds. The third kappa shape index (κ3) is 2.71. The molecule has 1 aromatic carbocycles. The molecule has 2 rings (SSSR count). The number of para-hydroxylation sites is 1. The number of hydrogen-bond donors (Lipinski definition) is 1. The first-order valence-corrected chi connectivity index (χ1v) is 6.02. The molecule has 0 saturated heterocycles. The highest BCUT2D eigenvalue weighted by Gasteiger charge is 2.12. The van der Waals surface area contributed by atoms with Crippen LogP contribution in [0.25, 0.3) is 11.0 Å². The summed E-state index contributed by atoms with van der Waals surface area (Å²) in [5, 5.41) is 9.75. The van der Waals surface area contributed by atoms with Gasteiger partial charge in [0.05, 0.1) is 6.26 Å². The standard InChI is InChI=1S/C14H17NO3/c1-15(14(17)7-4-8-16)9-11-10-18-13-6-3-2-5-12(11)13/h2-3,5-6,10,16H,4,7-9H2,1H3. The first-order valence-electron chi connectivity index (χ1n) is 6.02. The Kier molecular flexibility index (Phi) is 3.99. The van der Waals surface area contributed by atoms with E-state index in [9.17, 15) is 4.79 Å². The predicted molar refractivity (Wildman–Crippen MR) is 69.0 cm³/mol. The normalized spacial score (nSPS) is 10.8. The highest BCUT2D eigenvalue weighted by atomic mass is 16.3. The van der Waals surface area contributed by atoms with Crippen molar-refractivity contribution in [1.29, 1.82) is 0 Å². The van der Waals surface area contributed by atoms with Crippen LogP contribution in [0, 0.1) is 0 Å². The van der Waals surface area contributed by atoms with Crippen molar-refractivity contribution >= 4 is 16.9 Å². The predicted octanol–water partition coefficient (Wildman–Crippen LogP) is 2.16. The molecular weight excluding hydrogens is 230 g/mol. The van der Waals surface area contributed by atoms with Crippen molar-refractivity contribution in [3.05, 3.63) is 36.1 Å². The topological polar surface area (TPSA) is 53.7 Å². The van der Waals surface area contributed by atoms with Crippen molar-refractivity contribution < 1.29 is 14.3 Å². The lowest BCUT2D eigenvalue weighted by atomic mass is 10.1. The number of rotatable bonds is 5. The number of carbonyl (C=O) groups is 1. The Morgan fingerprint density at radius 2 is 2.17 bits per heavy atom. The molecule has 0 atom stereocenters. The maximum Gasteiger partial charge on any atom is 0.222 e. The number of amides is 1. The number of carbonyl (C=O) groups excluding carboxylic acids is 1. The number of benzene rings is 1. The minimum Gasteiger partial charge on any atom is -0.464 e. The quantitative estimate of drug-likeness (QED) is 0.881. The van der Waals surface area contributed by atoms with E-state index in [-0.39, 0.29) is 12.5 Å². The van der Waals surface area contributed by atoms with Crippen LogP contribution in [-0.2, 0) is 11.3 Å². The van der Waals surface area contributed by atoms with Crippen LogP contribution in [0.5, 0.6) is 0 Å². The summed E-state index contributed by atoms with van der Waals surface area (Å²) in [5.74, 6) is 0.0364. The molecule has 2 aromatic rings. The second-order valence-corrected chi connectivity index (χ2v) is 4.33. The summed E-state index contributed by atoms with van der Waals surface area (Å²) in [6.07, 6.45) is 2.58. The molecule has 1 aromatic heterocycles. The van der Waals surface area contributed by atoms with Crippen molar-refractivity contribution in [3.8, 4) is 0 Å². The Hall–Kier alpha value is -1.81. The van der Waals surface area contributed by atoms with E-state index in [2.05, 4.69) is 0 Å². The number of nitrogens with zero attached hydrogens (tertiary/aromatic N) is 1. The third-order valence-electron chi connectivity index (χ3n) is 2.94. The zero-order valence-corrected chi connectivity index (χ0v) is 10.4. The third-order valence-corrected chi connectivity index (χ3v) is 2.94. The molecule has 0 aliphatic rings. The van der Waals surface area contributed by atoms with Gasteiger partial charge in [-0.15, -0.1) is 0 Å². The van der Waals surface area contributed by atoms with Crippen LogP contribution in [0.4, 0.5) is 0 Å². The summed E-state index contributed by atoms with van der Waals surface area (Å²) in [5.41, 5.74) is 1.84. The Bertz CT molecular complexity index is 533. The van der Waals surface area contributed by atoms with Gasteiger partial charge in [-0.1, -0.05) is 18.2 Å². The van der Waals surface area contributed by atoms with E-state index in [0.717, 1.165) is 16.5 Å². The largest absolute Gasteiger partial charge is 0.464 e. The van der Waals surface area contributed by atoms with Gasteiger partial charge in [-0.25, -0.2) is 0 Å². The van der Waals surface area contributed by atoms with Gasteiger partial charge in [-0.2, -0.15) is 0 Å². The molecule has 1 N–H and O–H groups in total.